The summed E-state index contributed by atoms with van der Waals surface area (Å²) in [7, 11) is 1.30. The van der Waals surface area contributed by atoms with Crippen molar-refractivity contribution in [1.82, 2.24) is 10.6 Å². The van der Waals surface area contributed by atoms with E-state index in [9.17, 15) is 9.59 Å². The van der Waals surface area contributed by atoms with Crippen LogP contribution in [0.25, 0.3) is 0 Å². The lowest BCUT2D eigenvalue weighted by molar-refractivity contribution is -0.124. The number of ether oxygens (including phenoxy) is 1. The van der Waals surface area contributed by atoms with Crippen molar-refractivity contribution < 1.29 is 14.3 Å². The van der Waals surface area contributed by atoms with E-state index >= 15 is 0 Å². The molecular weight excluding hydrogens is 268 g/mol. The number of carbonyl (C=O) groups excluding carboxylic acids is 2. The van der Waals surface area contributed by atoms with Crippen LogP contribution in [0.2, 0.25) is 0 Å². The molecule has 0 bridgehead atoms. The highest BCUT2D eigenvalue weighted by Gasteiger charge is 2.29. The fourth-order valence-electron chi connectivity index (χ4n) is 2.59. The Balaban J connectivity index is 0.00000191. The molecule has 5 heteroatoms. The summed E-state index contributed by atoms with van der Waals surface area (Å²) >= 11 is 0. The minimum atomic E-state index is -0.563. The molecule has 1 saturated carbocycles. The average Bonchev–Trinajstić information content (AvgIpc) is 2.93. The lowest BCUT2D eigenvalue weighted by Gasteiger charge is -2.23. The van der Waals surface area contributed by atoms with Crippen molar-refractivity contribution in [3.05, 3.63) is 0 Å². The number of methoxy groups -OCH3 is 1. The van der Waals surface area contributed by atoms with Gasteiger partial charge in [-0.05, 0) is 31.1 Å². The molecule has 21 heavy (non-hydrogen) atoms. The second-order valence-electron chi connectivity index (χ2n) is 5.65. The van der Waals surface area contributed by atoms with Gasteiger partial charge in [-0.25, -0.2) is 4.79 Å². The van der Waals surface area contributed by atoms with Gasteiger partial charge in [0.25, 0.3) is 0 Å². The van der Waals surface area contributed by atoms with Crippen LogP contribution in [0.5, 0.6) is 0 Å². The van der Waals surface area contributed by atoms with Gasteiger partial charge in [0.1, 0.15) is 6.04 Å². The summed E-state index contributed by atoms with van der Waals surface area (Å²) in [5.74, 6) is 0.640. The first kappa shape index (κ1) is 19.7. The average molecular weight is 300 g/mol. The maximum Gasteiger partial charge on any atom is 0.407 e. The van der Waals surface area contributed by atoms with E-state index in [1.54, 1.807) is 0 Å². The number of alkyl carbamates (subject to hydrolysis) is 1. The number of rotatable bonds is 5. The van der Waals surface area contributed by atoms with E-state index in [2.05, 4.69) is 22.3 Å². The summed E-state index contributed by atoms with van der Waals surface area (Å²) in [5.41, 5.74) is 0. The quantitative estimate of drug-likeness (QED) is 0.820. The van der Waals surface area contributed by atoms with Crippen LogP contribution in [0.1, 0.15) is 60.3 Å². The molecule has 1 rings (SSSR count). The van der Waals surface area contributed by atoms with Crippen molar-refractivity contribution in [1.29, 1.82) is 0 Å². The number of nitrogens with one attached hydrogen (secondary N) is 2. The Kier molecular flexibility index (Phi) is 9.84. The Labute approximate surface area is 129 Å². The second-order valence-corrected chi connectivity index (χ2v) is 5.65. The Morgan fingerprint density at radius 3 is 2.29 bits per heavy atom. The number of amides is 2. The predicted molar refractivity (Wildman–Crippen MR) is 85.1 cm³/mol. The van der Waals surface area contributed by atoms with Crippen LogP contribution in [-0.4, -0.2) is 31.2 Å². The van der Waals surface area contributed by atoms with Gasteiger partial charge in [0.2, 0.25) is 5.91 Å². The maximum atomic E-state index is 12.2. The van der Waals surface area contributed by atoms with Crippen LogP contribution in [0.15, 0.2) is 0 Å². The largest absolute Gasteiger partial charge is 0.453 e. The van der Waals surface area contributed by atoms with E-state index in [0.717, 1.165) is 18.8 Å². The monoisotopic (exact) mass is 300 g/mol. The van der Waals surface area contributed by atoms with Crippen molar-refractivity contribution in [3.8, 4) is 0 Å². The molecule has 1 aliphatic carbocycles. The fraction of sp³-hybridized carbons (Fsp3) is 0.875. The summed E-state index contributed by atoms with van der Waals surface area (Å²) in [4.78, 5) is 23.5. The number of carbonyl (C=O) groups is 2. The summed E-state index contributed by atoms with van der Waals surface area (Å²) in [6.07, 6.45) is 3.86. The van der Waals surface area contributed by atoms with E-state index in [1.165, 1.54) is 20.0 Å². The van der Waals surface area contributed by atoms with Crippen LogP contribution in [0, 0.1) is 11.8 Å². The minimum Gasteiger partial charge on any atom is -0.453 e. The van der Waals surface area contributed by atoms with E-state index in [-0.39, 0.29) is 17.9 Å². The molecule has 3 atom stereocenters. The van der Waals surface area contributed by atoms with E-state index in [4.69, 9.17) is 0 Å². The van der Waals surface area contributed by atoms with Crippen LogP contribution in [-0.2, 0) is 9.53 Å². The molecule has 124 valence electrons. The Morgan fingerprint density at radius 2 is 1.86 bits per heavy atom. The lowest BCUT2D eigenvalue weighted by Crippen LogP contribution is -2.51. The Bertz CT molecular complexity index is 319. The topological polar surface area (TPSA) is 67.4 Å². The number of hydrogen-bond donors (Lipinski definition) is 2. The molecular formula is C16H32N2O3. The van der Waals surface area contributed by atoms with Gasteiger partial charge >= 0.3 is 6.09 Å². The molecule has 2 amide bonds. The molecule has 1 fully saturated rings. The highest BCUT2D eigenvalue weighted by molar-refractivity contribution is 5.86. The minimum absolute atomic E-state index is 0.0301. The molecule has 0 heterocycles. The lowest BCUT2D eigenvalue weighted by atomic mass is 10.0. The van der Waals surface area contributed by atoms with Gasteiger partial charge in [0, 0.05) is 6.04 Å². The third kappa shape index (κ3) is 6.82. The molecule has 0 saturated heterocycles. The van der Waals surface area contributed by atoms with Gasteiger partial charge < -0.3 is 15.4 Å². The first-order valence-corrected chi connectivity index (χ1v) is 8.12. The normalized spacial score (nSPS) is 22.0. The molecule has 2 N–H and O–H groups in total. The summed E-state index contributed by atoms with van der Waals surface area (Å²) < 4.78 is 4.56. The van der Waals surface area contributed by atoms with E-state index in [0.29, 0.717) is 0 Å². The van der Waals surface area contributed by atoms with Crippen molar-refractivity contribution in [2.24, 2.45) is 11.8 Å². The summed E-state index contributed by atoms with van der Waals surface area (Å²) in [6.45, 7) is 10.00. The van der Waals surface area contributed by atoms with Gasteiger partial charge in [-0.15, -0.1) is 0 Å². The second kappa shape index (κ2) is 10.5. The van der Waals surface area contributed by atoms with Crippen LogP contribution in [0.3, 0.4) is 0 Å². The van der Waals surface area contributed by atoms with E-state index < -0.39 is 12.1 Å². The van der Waals surface area contributed by atoms with Crippen LogP contribution in [0.4, 0.5) is 4.79 Å². The standard InChI is InChI=1S/C14H26N2O3.C2H6/c1-5-10-6-7-11(8-10)15-13(17)12(9(2)3)16-14(18)19-4;1-2/h9-12H,5-8H2,1-4H3,(H,15,17)(H,16,18);1-2H3/t10?,11-,12?;/m1./s1. The molecule has 0 spiro atoms. The van der Waals surface area contributed by atoms with Crippen molar-refractivity contribution in [2.45, 2.75) is 72.4 Å². The van der Waals surface area contributed by atoms with Crippen LogP contribution < -0.4 is 10.6 Å². The smallest absolute Gasteiger partial charge is 0.407 e. The first-order chi connectivity index (χ1) is 9.97. The Hall–Kier alpha value is -1.26. The first-order valence-electron chi connectivity index (χ1n) is 8.12. The molecule has 0 aromatic heterocycles. The highest BCUT2D eigenvalue weighted by atomic mass is 16.5. The molecule has 0 aromatic carbocycles. The fourth-order valence-corrected chi connectivity index (χ4v) is 2.59. The van der Waals surface area contributed by atoms with Crippen molar-refractivity contribution >= 4 is 12.0 Å². The van der Waals surface area contributed by atoms with Crippen molar-refractivity contribution in [2.75, 3.05) is 7.11 Å². The van der Waals surface area contributed by atoms with E-state index in [1.807, 2.05) is 27.7 Å². The summed E-state index contributed by atoms with van der Waals surface area (Å²) in [5, 5.41) is 5.64. The van der Waals surface area contributed by atoms with Gasteiger partial charge in [0.05, 0.1) is 7.11 Å². The molecule has 5 nitrogen and oxygen atoms in total. The zero-order chi connectivity index (χ0) is 16.4. The molecule has 2 unspecified atom stereocenters. The highest BCUT2D eigenvalue weighted by Crippen LogP contribution is 2.27. The SMILES string of the molecule is CC.CCC1CC[C@@H](NC(=O)C(NC(=O)OC)C(C)C)C1. The zero-order valence-electron chi connectivity index (χ0n) is 14.4. The molecule has 0 aliphatic heterocycles. The third-order valence-electron chi connectivity index (χ3n) is 3.87. The zero-order valence-corrected chi connectivity index (χ0v) is 14.4. The van der Waals surface area contributed by atoms with Gasteiger partial charge in [0.15, 0.2) is 0 Å². The van der Waals surface area contributed by atoms with Gasteiger partial charge in [-0.3, -0.25) is 4.79 Å². The maximum absolute atomic E-state index is 12.2. The van der Waals surface area contributed by atoms with Crippen LogP contribution >= 0.6 is 0 Å². The molecule has 0 radical (unpaired) electrons. The summed E-state index contributed by atoms with van der Waals surface area (Å²) in [6, 6.07) is -0.286. The Morgan fingerprint density at radius 1 is 1.24 bits per heavy atom. The van der Waals surface area contributed by atoms with Gasteiger partial charge in [-0.1, -0.05) is 41.0 Å². The predicted octanol–water partition coefficient (Wildman–Crippen LogP) is 3.09. The molecule has 1 aliphatic rings. The number of hydrogen-bond acceptors (Lipinski definition) is 3. The van der Waals surface area contributed by atoms with Crippen molar-refractivity contribution in [3.63, 3.8) is 0 Å². The third-order valence-corrected chi connectivity index (χ3v) is 3.87. The molecule has 0 aromatic rings. The van der Waals surface area contributed by atoms with Gasteiger partial charge in [-0.2, -0.15) is 0 Å².